The third-order valence-electron chi connectivity index (χ3n) is 11.4. The molecule has 2 bridgehead atoms. The number of nitrogens with zero attached hydrogens (tertiary/aromatic N) is 5. The van der Waals surface area contributed by atoms with E-state index in [9.17, 15) is 14.7 Å². The quantitative estimate of drug-likeness (QED) is 0.241. The zero-order valence-corrected chi connectivity index (χ0v) is 29.6. The molecule has 8 rings (SSSR count). The number of fused-ring (bicyclic) bond motifs is 3. The van der Waals surface area contributed by atoms with Gasteiger partial charge in [0.1, 0.15) is 0 Å². The molecule has 2 aliphatic heterocycles. The van der Waals surface area contributed by atoms with Crippen LogP contribution >= 0.6 is 23.2 Å². The number of hydrogen-bond donors (Lipinski definition) is 3. The minimum atomic E-state index is -0.480. The van der Waals surface area contributed by atoms with Gasteiger partial charge in [0, 0.05) is 48.0 Å². The Hall–Kier alpha value is -3.34. The number of aliphatic imine (C=N–C) groups is 1. The fourth-order valence-corrected chi connectivity index (χ4v) is 8.98. The average Bonchev–Trinajstić information content (AvgIpc) is 3.47. The van der Waals surface area contributed by atoms with Gasteiger partial charge in [0.25, 0.3) is 5.56 Å². The van der Waals surface area contributed by atoms with Crippen molar-refractivity contribution in [1.29, 1.82) is 0 Å². The number of hydrogen-bond acceptors (Lipinski definition) is 6. The zero-order chi connectivity index (χ0) is 33.9. The summed E-state index contributed by atoms with van der Waals surface area (Å²) in [4.78, 5) is 41.1. The summed E-state index contributed by atoms with van der Waals surface area (Å²) in [6.07, 6.45) is 2.95. The minimum Gasteiger partial charge on any atom is -0.391 e. The summed E-state index contributed by atoms with van der Waals surface area (Å²) >= 11 is 12.6. The second-order valence-electron chi connectivity index (χ2n) is 14.9. The van der Waals surface area contributed by atoms with E-state index >= 15 is 0 Å². The van der Waals surface area contributed by atoms with Gasteiger partial charge in [-0.3, -0.25) is 14.2 Å². The Kier molecular flexibility index (Phi) is 8.87. The highest BCUT2D eigenvalue weighted by Crippen LogP contribution is 2.61. The number of amides is 1. The Bertz CT molecular complexity index is 1830. The first-order chi connectivity index (χ1) is 22.9. The first-order valence-corrected chi connectivity index (χ1v) is 17.9. The van der Waals surface area contributed by atoms with E-state index in [1.54, 1.807) is 16.7 Å². The molecular weight excluding hydrogens is 649 g/mol. The van der Waals surface area contributed by atoms with Gasteiger partial charge in [-0.25, -0.2) is 9.98 Å². The van der Waals surface area contributed by atoms with Crippen LogP contribution in [0.25, 0.3) is 10.9 Å². The van der Waals surface area contributed by atoms with Crippen molar-refractivity contribution in [2.24, 2.45) is 28.2 Å². The number of anilines is 2. The van der Waals surface area contributed by atoms with E-state index in [1.165, 1.54) is 6.42 Å². The molecule has 1 amide bonds. The zero-order valence-electron chi connectivity index (χ0n) is 28.0. The van der Waals surface area contributed by atoms with Crippen molar-refractivity contribution < 1.29 is 9.90 Å². The molecule has 5 fully saturated rings. The maximum atomic E-state index is 14.1. The molecule has 0 radical (unpaired) electrons. The largest absolute Gasteiger partial charge is 0.391 e. The number of aryl methyl sites for hydroxylation is 1. The van der Waals surface area contributed by atoms with Crippen molar-refractivity contribution in [3.63, 3.8) is 0 Å². The van der Waals surface area contributed by atoms with E-state index < -0.39 is 6.10 Å². The third-order valence-corrected chi connectivity index (χ3v) is 12.0. The fourth-order valence-electron chi connectivity index (χ4n) is 8.48. The minimum absolute atomic E-state index is 0.00720. The monoisotopic (exact) mass is 693 g/mol. The molecule has 0 spiro atoms. The Labute approximate surface area is 291 Å². The average molecular weight is 695 g/mol. The number of halogens is 2. The smallest absolute Gasteiger partial charge is 0.262 e. The number of piperazine rings is 1. The maximum Gasteiger partial charge on any atom is 0.262 e. The Balaban J connectivity index is 1.23. The van der Waals surface area contributed by atoms with Gasteiger partial charge >= 0.3 is 0 Å². The van der Waals surface area contributed by atoms with Crippen LogP contribution in [0.15, 0.2) is 46.2 Å². The standard InChI is InChI=1S/C36H45Cl2N7O3/c1-20-17-44(19-32(47)39-20)34(41-30-14-23-13-28(21(30)2)36(23,3)4)40-25-7-8-27-31(16-25)42-35(43-11-10-26(46)18-43)45(33(27)48)12-9-22-5-6-24(37)15-29(22)38/h5-8,15-16,20-21,23,26,28,30,46H,9-14,17-19H2,1-4H3,(H,39,47)(H,40,41)/t20-,21-,23-,26-,28+,30?/m0/s1. The van der Waals surface area contributed by atoms with Gasteiger partial charge in [0.2, 0.25) is 11.9 Å². The van der Waals surface area contributed by atoms with Gasteiger partial charge in [-0.15, -0.1) is 0 Å². The number of rotatable bonds is 6. The Morgan fingerprint density at radius 1 is 1.12 bits per heavy atom. The number of carbonyl (C=O) groups excluding carboxylic acids is 1. The lowest BCUT2D eigenvalue weighted by Crippen LogP contribution is -2.58. The van der Waals surface area contributed by atoms with Gasteiger partial charge < -0.3 is 25.5 Å². The summed E-state index contributed by atoms with van der Waals surface area (Å²) in [6, 6.07) is 11.1. The summed E-state index contributed by atoms with van der Waals surface area (Å²) in [5.74, 6) is 2.92. The van der Waals surface area contributed by atoms with Crippen LogP contribution < -0.4 is 21.1 Å². The van der Waals surface area contributed by atoms with Crippen LogP contribution in [0.3, 0.4) is 0 Å². The number of guanidine groups is 1. The molecule has 256 valence electrons. The van der Waals surface area contributed by atoms with E-state index in [0.717, 1.165) is 17.7 Å². The first kappa shape index (κ1) is 33.2. The molecule has 1 aromatic heterocycles. The van der Waals surface area contributed by atoms with E-state index in [4.69, 9.17) is 33.2 Å². The summed E-state index contributed by atoms with van der Waals surface area (Å²) < 4.78 is 1.69. The highest BCUT2D eigenvalue weighted by molar-refractivity contribution is 6.35. The molecule has 3 heterocycles. The summed E-state index contributed by atoms with van der Waals surface area (Å²) in [5.41, 5.74) is 2.39. The first-order valence-electron chi connectivity index (χ1n) is 17.2. The van der Waals surface area contributed by atoms with E-state index in [-0.39, 0.29) is 30.1 Å². The van der Waals surface area contributed by atoms with E-state index in [1.807, 2.05) is 41.0 Å². The molecule has 10 nitrogen and oxygen atoms in total. The Morgan fingerprint density at radius 3 is 2.62 bits per heavy atom. The lowest BCUT2D eigenvalue weighted by Gasteiger charge is -2.61. The van der Waals surface area contributed by atoms with E-state index in [2.05, 4.69) is 31.4 Å². The summed E-state index contributed by atoms with van der Waals surface area (Å²) in [5, 5.41) is 18.6. The molecule has 6 atom stereocenters. The van der Waals surface area contributed by atoms with Crippen LogP contribution in [0.1, 0.15) is 52.5 Å². The van der Waals surface area contributed by atoms with Crippen molar-refractivity contribution in [3.8, 4) is 0 Å². The van der Waals surface area contributed by atoms with Crippen LogP contribution in [0.5, 0.6) is 0 Å². The van der Waals surface area contributed by atoms with Crippen LogP contribution in [-0.2, 0) is 17.8 Å². The number of nitrogens with one attached hydrogen (secondary N) is 2. The molecule has 2 aromatic carbocycles. The van der Waals surface area contributed by atoms with Gasteiger partial charge in [0.15, 0.2) is 5.96 Å². The Morgan fingerprint density at radius 2 is 1.94 bits per heavy atom. The topological polar surface area (TPSA) is 115 Å². The van der Waals surface area contributed by atoms with Crippen molar-refractivity contribution in [1.82, 2.24) is 19.8 Å². The van der Waals surface area contributed by atoms with Crippen molar-refractivity contribution >= 4 is 57.6 Å². The van der Waals surface area contributed by atoms with Gasteiger partial charge in [0.05, 0.1) is 29.6 Å². The summed E-state index contributed by atoms with van der Waals surface area (Å²) in [6.45, 7) is 11.3. The molecule has 3 N–H and O–H groups in total. The van der Waals surface area contributed by atoms with Crippen LogP contribution in [0.4, 0.5) is 11.6 Å². The van der Waals surface area contributed by atoms with Crippen molar-refractivity contribution in [2.75, 3.05) is 36.4 Å². The van der Waals surface area contributed by atoms with Crippen molar-refractivity contribution in [3.05, 3.63) is 62.4 Å². The maximum absolute atomic E-state index is 14.1. The molecule has 5 aliphatic rings. The van der Waals surface area contributed by atoms with Crippen LogP contribution in [-0.4, -0.2) is 75.8 Å². The molecule has 2 saturated heterocycles. The van der Waals surface area contributed by atoms with Crippen molar-refractivity contribution in [2.45, 2.75) is 78.1 Å². The molecule has 3 aliphatic carbocycles. The highest BCUT2D eigenvalue weighted by Gasteiger charge is 2.56. The van der Waals surface area contributed by atoms with Crippen LogP contribution in [0.2, 0.25) is 10.0 Å². The number of benzene rings is 2. The molecule has 1 unspecified atom stereocenters. The number of carbonyl (C=O) groups is 1. The van der Waals surface area contributed by atoms with Crippen LogP contribution in [0, 0.1) is 23.2 Å². The van der Waals surface area contributed by atoms with E-state index in [0.29, 0.717) is 95.0 Å². The number of aliphatic hydroxyl groups excluding tert-OH is 1. The number of aliphatic hydroxyl groups is 1. The summed E-state index contributed by atoms with van der Waals surface area (Å²) in [7, 11) is 0. The second-order valence-corrected chi connectivity index (χ2v) is 15.8. The predicted molar refractivity (Wildman–Crippen MR) is 192 cm³/mol. The highest BCUT2D eigenvalue weighted by atomic mass is 35.5. The fraction of sp³-hybridized carbons (Fsp3) is 0.556. The number of β-amino-alcohol motifs (C(OH)–C–C–N with tert-alkyl or cyclic N) is 1. The SMILES string of the molecule is C[C@@H]1C(N=C(Nc2ccc3c(=O)n(CCc4ccc(Cl)cc4Cl)c(N4CC[C@H](O)C4)nc3c2)N2CC(=O)N[C@@H](C)C2)C[C@@H]2C[C@H]1C2(C)C. The molecule has 12 heteroatoms. The second kappa shape index (κ2) is 12.8. The molecule has 3 saturated carbocycles. The van der Waals surface area contributed by atoms with Gasteiger partial charge in [-0.1, -0.05) is 50.0 Å². The lowest BCUT2D eigenvalue weighted by atomic mass is 9.45. The molecule has 48 heavy (non-hydrogen) atoms. The predicted octanol–water partition coefficient (Wildman–Crippen LogP) is 5.18. The molecule has 3 aromatic rings. The van der Waals surface area contributed by atoms with Gasteiger partial charge in [-0.05, 0) is 91.7 Å². The normalized spacial score (nSPS) is 28.4. The number of aromatic nitrogens is 2. The lowest BCUT2D eigenvalue weighted by molar-refractivity contribution is -0.124. The van der Waals surface area contributed by atoms with Gasteiger partial charge in [-0.2, -0.15) is 0 Å². The molecular formula is C36H45Cl2N7O3. The third kappa shape index (κ3) is 6.27.